The maximum atomic E-state index is 9.41. The highest BCUT2D eigenvalue weighted by Crippen LogP contribution is 2.19. The molecule has 0 aliphatic carbocycles. The van der Waals surface area contributed by atoms with Crippen LogP contribution in [0.25, 0.3) is 0 Å². The number of likely N-dealkylation sites (tertiary alicyclic amines) is 1. The first kappa shape index (κ1) is 16.3. The Balaban J connectivity index is 1.96. The molecular weight excluding hydrogens is 269 g/mol. The monoisotopic (exact) mass is 293 g/mol. The van der Waals surface area contributed by atoms with E-state index < -0.39 is 7.12 Å². The maximum Gasteiger partial charge on any atom is 0.492 e. The zero-order chi connectivity index (χ0) is 15.2. The molecule has 0 aromatic heterocycles. The van der Waals surface area contributed by atoms with E-state index in [1.165, 1.54) is 7.11 Å². The van der Waals surface area contributed by atoms with Crippen molar-refractivity contribution in [2.45, 2.75) is 19.4 Å². The van der Waals surface area contributed by atoms with Crippen LogP contribution in [0, 0.1) is 5.92 Å². The molecule has 1 aliphatic rings. The predicted octanol–water partition coefficient (Wildman–Crippen LogP) is 0.233. The van der Waals surface area contributed by atoms with E-state index >= 15 is 0 Å². The average molecular weight is 293 g/mol. The number of piperidine rings is 1. The van der Waals surface area contributed by atoms with Crippen LogP contribution in [-0.4, -0.2) is 56.0 Å². The van der Waals surface area contributed by atoms with Crippen LogP contribution < -0.4 is 10.2 Å². The van der Waals surface area contributed by atoms with Crippen LogP contribution in [-0.2, 0) is 11.3 Å². The van der Waals surface area contributed by atoms with Crippen molar-refractivity contribution in [1.29, 1.82) is 0 Å². The Bertz CT molecular complexity index is 447. The molecule has 0 radical (unpaired) electrons. The van der Waals surface area contributed by atoms with Crippen LogP contribution in [0.3, 0.4) is 0 Å². The molecule has 2 rings (SSSR count). The van der Waals surface area contributed by atoms with Gasteiger partial charge in [0.1, 0.15) is 5.75 Å². The lowest BCUT2D eigenvalue weighted by atomic mass is 9.78. The smallest absolute Gasteiger partial charge is 0.492 e. The number of methoxy groups -OCH3 is 2. The van der Waals surface area contributed by atoms with Gasteiger partial charge >= 0.3 is 7.12 Å². The second-order valence-corrected chi connectivity index (χ2v) is 5.62. The highest BCUT2D eigenvalue weighted by atomic mass is 16.5. The van der Waals surface area contributed by atoms with Gasteiger partial charge in [0.25, 0.3) is 0 Å². The van der Waals surface area contributed by atoms with Crippen molar-refractivity contribution < 1.29 is 19.5 Å². The fourth-order valence-electron chi connectivity index (χ4n) is 2.89. The molecular formula is C15H24BNO4. The molecule has 1 aromatic carbocycles. The first-order chi connectivity index (χ1) is 10.1. The van der Waals surface area contributed by atoms with Crippen LogP contribution in [0.1, 0.15) is 18.4 Å². The Morgan fingerprint density at radius 1 is 1.24 bits per heavy atom. The largest absolute Gasteiger partial charge is 0.497 e. The Kier molecular flexibility index (Phi) is 6.05. The molecule has 5 nitrogen and oxygen atoms in total. The minimum absolute atomic E-state index is 0.421. The minimum Gasteiger partial charge on any atom is -0.497 e. The van der Waals surface area contributed by atoms with E-state index in [0.717, 1.165) is 44.6 Å². The summed E-state index contributed by atoms with van der Waals surface area (Å²) in [6, 6.07) is 5.58. The van der Waals surface area contributed by atoms with Gasteiger partial charge in [-0.2, -0.15) is 0 Å². The Hall–Kier alpha value is -1.08. The van der Waals surface area contributed by atoms with E-state index in [0.29, 0.717) is 17.1 Å². The molecule has 2 N–H and O–H groups in total. The lowest BCUT2D eigenvalue weighted by molar-refractivity contribution is 0.0968. The van der Waals surface area contributed by atoms with Crippen molar-refractivity contribution in [1.82, 2.24) is 4.90 Å². The standard InChI is InChI=1S/C15H24BNO4/c1-20-11-12-5-7-17(8-6-12)10-13-3-4-15(21-2)14(9-13)16(18)19/h3-4,9,12,18-19H,5-8,10-11H2,1-2H3. The van der Waals surface area contributed by atoms with Gasteiger partial charge in [0, 0.05) is 25.7 Å². The van der Waals surface area contributed by atoms with Crippen LogP contribution in [0.4, 0.5) is 0 Å². The molecule has 0 spiro atoms. The van der Waals surface area contributed by atoms with Crippen molar-refractivity contribution in [3.8, 4) is 5.75 Å². The fraction of sp³-hybridized carbons (Fsp3) is 0.600. The number of rotatable bonds is 6. The van der Waals surface area contributed by atoms with Gasteiger partial charge in [-0.25, -0.2) is 0 Å². The van der Waals surface area contributed by atoms with Gasteiger partial charge in [-0.3, -0.25) is 4.90 Å². The highest BCUT2D eigenvalue weighted by Gasteiger charge is 2.21. The van der Waals surface area contributed by atoms with E-state index in [1.54, 1.807) is 13.2 Å². The third-order valence-electron chi connectivity index (χ3n) is 4.09. The van der Waals surface area contributed by atoms with E-state index in [9.17, 15) is 10.0 Å². The first-order valence-electron chi connectivity index (χ1n) is 7.38. The second kappa shape index (κ2) is 7.80. The number of nitrogens with zero attached hydrogens (tertiary/aromatic N) is 1. The number of ether oxygens (including phenoxy) is 2. The zero-order valence-electron chi connectivity index (χ0n) is 12.8. The van der Waals surface area contributed by atoms with Crippen LogP contribution in [0.5, 0.6) is 5.75 Å². The van der Waals surface area contributed by atoms with Crippen molar-refractivity contribution in [3.05, 3.63) is 23.8 Å². The number of hydrogen-bond acceptors (Lipinski definition) is 5. The normalized spacial score (nSPS) is 17.0. The zero-order valence-corrected chi connectivity index (χ0v) is 12.8. The Labute approximate surface area is 126 Å². The summed E-state index contributed by atoms with van der Waals surface area (Å²) in [6.45, 7) is 3.77. The number of benzene rings is 1. The third kappa shape index (κ3) is 4.44. The molecule has 1 fully saturated rings. The van der Waals surface area contributed by atoms with Crippen molar-refractivity contribution in [2.75, 3.05) is 33.9 Å². The van der Waals surface area contributed by atoms with Crippen molar-refractivity contribution >= 4 is 12.6 Å². The third-order valence-corrected chi connectivity index (χ3v) is 4.09. The highest BCUT2D eigenvalue weighted by molar-refractivity contribution is 6.59. The summed E-state index contributed by atoms with van der Waals surface area (Å²) in [4.78, 5) is 2.39. The molecule has 0 amide bonds. The molecule has 6 heteroatoms. The second-order valence-electron chi connectivity index (χ2n) is 5.62. The minimum atomic E-state index is -1.51. The predicted molar refractivity (Wildman–Crippen MR) is 82.7 cm³/mol. The van der Waals surface area contributed by atoms with Crippen LogP contribution >= 0.6 is 0 Å². The molecule has 0 saturated carbocycles. The van der Waals surface area contributed by atoms with E-state index in [4.69, 9.17) is 9.47 Å². The lowest BCUT2D eigenvalue weighted by Gasteiger charge is -2.31. The molecule has 0 bridgehead atoms. The van der Waals surface area contributed by atoms with Gasteiger partial charge in [-0.05, 0) is 43.5 Å². The average Bonchev–Trinajstić information content (AvgIpc) is 2.49. The molecule has 0 atom stereocenters. The Morgan fingerprint density at radius 2 is 1.95 bits per heavy atom. The molecule has 1 aliphatic heterocycles. The van der Waals surface area contributed by atoms with Gasteiger partial charge in [0.05, 0.1) is 7.11 Å². The van der Waals surface area contributed by atoms with Crippen molar-refractivity contribution in [3.63, 3.8) is 0 Å². The molecule has 1 heterocycles. The van der Waals surface area contributed by atoms with Gasteiger partial charge in [-0.15, -0.1) is 0 Å². The van der Waals surface area contributed by atoms with Crippen molar-refractivity contribution in [2.24, 2.45) is 5.92 Å². The maximum absolute atomic E-state index is 9.41. The van der Waals surface area contributed by atoms with E-state index in [2.05, 4.69) is 4.90 Å². The van der Waals surface area contributed by atoms with Gasteiger partial charge in [-0.1, -0.05) is 12.1 Å². The first-order valence-corrected chi connectivity index (χ1v) is 7.38. The summed E-state index contributed by atoms with van der Waals surface area (Å²) in [5.74, 6) is 1.17. The molecule has 0 unspecified atom stereocenters. The van der Waals surface area contributed by atoms with E-state index in [-0.39, 0.29) is 0 Å². The lowest BCUT2D eigenvalue weighted by Crippen LogP contribution is -2.35. The van der Waals surface area contributed by atoms with Crippen LogP contribution in [0.15, 0.2) is 18.2 Å². The summed E-state index contributed by atoms with van der Waals surface area (Å²) >= 11 is 0. The summed E-state index contributed by atoms with van der Waals surface area (Å²) in [5, 5.41) is 18.8. The summed E-state index contributed by atoms with van der Waals surface area (Å²) in [5.41, 5.74) is 1.49. The molecule has 21 heavy (non-hydrogen) atoms. The van der Waals surface area contributed by atoms with Gasteiger partial charge < -0.3 is 19.5 Å². The topological polar surface area (TPSA) is 62.2 Å². The fourth-order valence-corrected chi connectivity index (χ4v) is 2.89. The quantitative estimate of drug-likeness (QED) is 0.735. The molecule has 1 aromatic rings. The summed E-state index contributed by atoms with van der Waals surface area (Å²) < 4.78 is 10.4. The van der Waals surface area contributed by atoms with E-state index in [1.807, 2.05) is 12.1 Å². The molecule has 116 valence electrons. The SMILES string of the molecule is COCC1CCN(Cc2ccc(OC)c(B(O)O)c2)CC1. The van der Waals surface area contributed by atoms with Crippen LogP contribution in [0.2, 0.25) is 0 Å². The number of hydrogen-bond donors (Lipinski definition) is 2. The van der Waals surface area contributed by atoms with Gasteiger partial charge in [0.15, 0.2) is 0 Å². The molecule has 1 saturated heterocycles. The Morgan fingerprint density at radius 3 is 2.52 bits per heavy atom. The summed E-state index contributed by atoms with van der Waals surface area (Å²) in [7, 11) is 1.78. The van der Waals surface area contributed by atoms with Gasteiger partial charge in [0.2, 0.25) is 0 Å². The summed E-state index contributed by atoms with van der Waals surface area (Å²) in [6.07, 6.45) is 2.30.